The summed E-state index contributed by atoms with van der Waals surface area (Å²) < 4.78 is 10.6. The van der Waals surface area contributed by atoms with Gasteiger partial charge in [0, 0.05) is 18.5 Å². The van der Waals surface area contributed by atoms with E-state index in [1.807, 2.05) is 24.3 Å². The smallest absolute Gasteiger partial charge is 0.407 e. The summed E-state index contributed by atoms with van der Waals surface area (Å²) in [5.74, 6) is -1.59. The van der Waals surface area contributed by atoms with Crippen molar-refractivity contribution in [3.63, 3.8) is 0 Å². The second-order valence-electron chi connectivity index (χ2n) is 8.70. The Balaban J connectivity index is 1.30. The number of fused-ring (bicyclic) bond motifs is 3. The highest BCUT2D eigenvalue weighted by Gasteiger charge is 2.33. The number of benzene rings is 2. The third-order valence-corrected chi connectivity index (χ3v) is 6.52. The fraction of sp³-hybridized carbons (Fsp3) is 0.423. The van der Waals surface area contributed by atoms with Crippen molar-refractivity contribution in [1.82, 2.24) is 10.6 Å². The highest BCUT2D eigenvalue weighted by Crippen LogP contribution is 2.44. The quantitative estimate of drug-likeness (QED) is 0.489. The molecule has 0 saturated heterocycles. The van der Waals surface area contributed by atoms with Crippen LogP contribution in [0.4, 0.5) is 4.79 Å². The first kappa shape index (κ1) is 23.8. The molecule has 2 aromatic carbocycles. The molecular weight excluding hydrogens is 436 g/mol. The van der Waals surface area contributed by atoms with E-state index in [0.717, 1.165) is 24.0 Å². The van der Waals surface area contributed by atoms with Gasteiger partial charge in [0.15, 0.2) is 0 Å². The van der Waals surface area contributed by atoms with E-state index in [4.69, 9.17) is 14.6 Å². The topological polar surface area (TPSA) is 114 Å². The summed E-state index contributed by atoms with van der Waals surface area (Å²) in [5, 5.41) is 14.3. The Bertz CT molecular complexity index is 994. The first-order valence-electron chi connectivity index (χ1n) is 11.7. The van der Waals surface area contributed by atoms with Crippen LogP contribution in [0.3, 0.4) is 0 Å². The van der Waals surface area contributed by atoms with E-state index in [1.165, 1.54) is 11.1 Å². The van der Waals surface area contributed by atoms with Gasteiger partial charge in [-0.1, -0.05) is 61.4 Å². The molecule has 0 radical (unpaired) electrons. The summed E-state index contributed by atoms with van der Waals surface area (Å²) in [7, 11) is 0. The van der Waals surface area contributed by atoms with E-state index in [9.17, 15) is 14.4 Å². The Kier molecular flexibility index (Phi) is 7.80. The second kappa shape index (κ2) is 11.2. The zero-order valence-corrected chi connectivity index (χ0v) is 19.0. The van der Waals surface area contributed by atoms with Crippen LogP contribution in [0.15, 0.2) is 48.5 Å². The molecule has 2 atom stereocenters. The number of carbonyl (C=O) groups is 3. The van der Waals surface area contributed by atoms with Crippen LogP contribution in [0.25, 0.3) is 11.1 Å². The molecule has 0 bridgehead atoms. The molecule has 2 aromatic rings. The molecule has 1 fully saturated rings. The number of alkyl carbamates (subject to hydrolysis) is 1. The second-order valence-corrected chi connectivity index (χ2v) is 8.70. The summed E-state index contributed by atoms with van der Waals surface area (Å²) in [6.45, 7) is 0.172. The fourth-order valence-electron chi connectivity index (χ4n) is 4.95. The number of aliphatic carboxylic acids is 1. The molecule has 2 aliphatic rings. The van der Waals surface area contributed by atoms with Crippen LogP contribution < -0.4 is 10.6 Å². The van der Waals surface area contributed by atoms with Crippen LogP contribution in [0.1, 0.15) is 42.7 Å². The lowest BCUT2D eigenvalue weighted by Crippen LogP contribution is -2.49. The molecule has 2 aliphatic carbocycles. The van der Waals surface area contributed by atoms with Gasteiger partial charge < -0.3 is 25.2 Å². The summed E-state index contributed by atoms with van der Waals surface area (Å²) in [6, 6.07) is 16.0. The number of nitrogens with one attached hydrogen (secondary N) is 2. The van der Waals surface area contributed by atoms with Gasteiger partial charge in [-0.15, -0.1) is 0 Å². The molecule has 2 amide bonds. The van der Waals surface area contributed by atoms with Crippen LogP contribution in [-0.2, 0) is 19.1 Å². The predicted octanol–water partition coefficient (Wildman–Crippen LogP) is 3.30. The first-order valence-corrected chi connectivity index (χ1v) is 11.7. The molecule has 0 aliphatic heterocycles. The summed E-state index contributed by atoms with van der Waals surface area (Å²) in [6.07, 6.45) is 2.71. The zero-order valence-electron chi connectivity index (χ0n) is 19.0. The zero-order chi connectivity index (χ0) is 23.9. The molecule has 0 unspecified atom stereocenters. The molecule has 8 nitrogen and oxygen atoms in total. The van der Waals surface area contributed by atoms with Gasteiger partial charge in [-0.3, -0.25) is 4.79 Å². The fourth-order valence-corrected chi connectivity index (χ4v) is 4.95. The summed E-state index contributed by atoms with van der Waals surface area (Å²) in [4.78, 5) is 35.8. The van der Waals surface area contributed by atoms with E-state index >= 15 is 0 Å². The Morgan fingerprint density at radius 2 is 1.59 bits per heavy atom. The Morgan fingerprint density at radius 3 is 2.26 bits per heavy atom. The summed E-state index contributed by atoms with van der Waals surface area (Å²) in [5.41, 5.74) is 4.64. The maximum atomic E-state index is 12.7. The maximum absolute atomic E-state index is 12.7. The van der Waals surface area contributed by atoms with Crippen molar-refractivity contribution in [3.05, 3.63) is 59.7 Å². The average molecular weight is 467 g/mol. The van der Waals surface area contributed by atoms with Crippen LogP contribution in [0.5, 0.6) is 0 Å². The van der Waals surface area contributed by atoms with Crippen LogP contribution in [-0.4, -0.2) is 55.5 Å². The maximum Gasteiger partial charge on any atom is 0.407 e. The molecule has 0 heterocycles. The van der Waals surface area contributed by atoms with Gasteiger partial charge in [0.2, 0.25) is 5.91 Å². The molecule has 34 heavy (non-hydrogen) atoms. The number of hydrogen-bond donors (Lipinski definition) is 3. The third-order valence-electron chi connectivity index (χ3n) is 6.52. The molecule has 180 valence electrons. The number of rotatable bonds is 9. The van der Waals surface area contributed by atoms with Crippen LogP contribution in [0.2, 0.25) is 0 Å². The molecule has 4 rings (SSSR count). The molecule has 3 N–H and O–H groups in total. The molecular formula is C26H30N2O6. The lowest BCUT2D eigenvalue weighted by atomic mass is 9.84. The standard InChI is InChI=1S/C26H30N2O6/c29-24(30)16-33-14-13-27-25(31)21-11-5-6-12-23(21)28-26(32)34-15-22-19-9-3-1-7-17(19)18-8-2-4-10-20(18)22/h1-4,7-10,21-23H,5-6,11-16H2,(H,27,31)(H,28,32)(H,29,30)/t21-,23+/m1/s1. The van der Waals surface area contributed by atoms with E-state index in [2.05, 4.69) is 34.9 Å². The lowest BCUT2D eigenvalue weighted by Gasteiger charge is -2.31. The number of carbonyl (C=O) groups excluding carboxylic acids is 2. The van der Waals surface area contributed by atoms with E-state index in [-0.39, 0.29) is 43.5 Å². The number of ether oxygens (including phenoxy) is 2. The number of carboxylic acids is 1. The Morgan fingerprint density at radius 1 is 0.941 bits per heavy atom. The highest BCUT2D eigenvalue weighted by molar-refractivity contribution is 5.81. The van der Waals surface area contributed by atoms with Crippen LogP contribution in [0, 0.1) is 5.92 Å². The minimum absolute atomic E-state index is 0.0191. The largest absolute Gasteiger partial charge is 0.480 e. The Hall–Kier alpha value is -3.39. The minimum Gasteiger partial charge on any atom is -0.480 e. The minimum atomic E-state index is -1.05. The van der Waals surface area contributed by atoms with Gasteiger partial charge in [0.1, 0.15) is 13.2 Å². The van der Waals surface area contributed by atoms with Crippen molar-refractivity contribution in [1.29, 1.82) is 0 Å². The number of amides is 2. The molecule has 0 spiro atoms. The number of hydrogen-bond acceptors (Lipinski definition) is 5. The van der Waals surface area contributed by atoms with Gasteiger partial charge in [-0.05, 0) is 35.1 Å². The van der Waals surface area contributed by atoms with Crippen molar-refractivity contribution in [2.75, 3.05) is 26.4 Å². The first-order chi connectivity index (χ1) is 16.5. The van der Waals surface area contributed by atoms with Crippen molar-refractivity contribution >= 4 is 18.0 Å². The molecule has 8 heteroatoms. The van der Waals surface area contributed by atoms with Crippen molar-refractivity contribution in [3.8, 4) is 11.1 Å². The van der Waals surface area contributed by atoms with Gasteiger partial charge in [-0.2, -0.15) is 0 Å². The lowest BCUT2D eigenvalue weighted by molar-refractivity contribution is -0.142. The monoisotopic (exact) mass is 466 g/mol. The van der Waals surface area contributed by atoms with E-state index < -0.39 is 18.7 Å². The SMILES string of the molecule is O=C(O)COCCNC(=O)[C@@H]1CCCC[C@@H]1NC(=O)OCC1c2ccccc2-c2ccccc21. The van der Waals surface area contributed by atoms with Crippen LogP contribution >= 0.6 is 0 Å². The molecule has 1 saturated carbocycles. The summed E-state index contributed by atoms with van der Waals surface area (Å²) >= 11 is 0. The molecule has 0 aromatic heterocycles. The number of carboxylic acid groups (broad SMARTS) is 1. The average Bonchev–Trinajstić information content (AvgIpc) is 3.16. The normalized spacial score (nSPS) is 19.1. The van der Waals surface area contributed by atoms with Gasteiger partial charge >= 0.3 is 12.1 Å². The van der Waals surface area contributed by atoms with Crippen molar-refractivity contribution < 1.29 is 29.0 Å². The highest BCUT2D eigenvalue weighted by atomic mass is 16.5. The third kappa shape index (κ3) is 5.56. The Labute approximate surface area is 198 Å². The van der Waals surface area contributed by atoms with Gasteiger partial charge in [0.05, 0.1) is 12.5 Å². The van der Waals surface area contributed by atoms with Gasteiger partial charge in [0.25, 0.3) is 0 Å². The van der Waals surface area contributed by atoms with Gasteiger partial charge in [-0.25, -0.2) is 9.59 Å². The van der Waals surface area contributed by atoms with E-state index in [0.29, 0.717) is 12.8 Å². The predicted molar refractivity (Wildman–Crippen MR) is 125 cm³/mol. The van der Waals surface area contributed by atoms with Crippen molar-refractivity contribution in [2.45, 2.75) is 37.6 Å². The van der Waals surface area contributed by atoms with Crippen molar-refractivity contribution in [2.24, 2.45) is 5.92 Å². The van der Waals surface area contributed by atoms with E-state index in [1.54, 1.807) is 0 Å².